The van der Waals surface area contributed by atoms with Crippen LogP contribution in [-0.4, -0.2) is 23.3 Å². The molecule has 6 nitrogen and oxygen atoms in total. The van der Waals surface area contributed by atoms with E-state index in [1.54, 1.807) is 13.8 Å². The van der Waals surface area contributed by atoms with Crippen molar-refractivity contribution in [3.05, 3.63) is 40.5 Å². The molecule has 0 saturated carbocycles. The molecule has 0 atom stereocenters. The molecule has 0 radical (unpaired) electrons. The maximum atomic E-state index is 12.5. The molecule has 0 bridgehead atoms. The lowest BCUT2D eigenvalue weighted by molar-refractivity contribution is 0.0736. The number of benzene rings is 2. The first-order valence-corrected chi connectivity index (χ1v) is 7.00. The molecule has 1 aliphatic heterocycles. The number of carbonyl (C=O) groups excluding carboxylic acids is 1. The monoisotopic (exact) mass is 316 g/mol. The van der Waals surface area contributed by atoms with E-state index in [4.69, 9.17) is 14.2 Å². The number of ether oxygens (including phenoxy) is 3. The smallest absolute Gasteiger partial charge is 0.347 e. The average Bonchev–Trinajstić information content (AvgIpc) is 2.59. The SMILES string of the molecule is COCc1c(O)cc(C)c2c1Oc1c(C)cc(O)cc1OC2=O. The van der Waals surface area contributed by atoms with E-state index in [1.165, 1.54) is 25.3 Å². The minimum Gasteiger partial charge on any atom is -0.508 e. The van der Waals surface area contributed by atoms with Crippen molar-refractivity contribution < 1.29 is 29.2 Å². The Labute approximate surface area is 132 Å². The molecule has 120 valence electrons. The van der Waals surface area contributed by atoms with Gasteiger partial charge in [-0.05, 0) is 37.1 Å². The fourth-order valence-electron chi connectivity index (χ4n) is 2.64. The molecule has 1 aliphatic rings. The summed E-state index contributed by atoms with van der Waals surface area (Å²) in [5.41, 5.74) is 1.72. The Morgan fingerprint density at radius 3 is 2.48 bits per heavy atom. The molecule has 0 amide bonds. The molecule has 2 N–H and O–H groups in total. The lowest BCUT2D eigenvalue weighted by Crippen LogP contribution is -2.10. The van der Waals surface area contributed by atoms with Gasteiger partial charge in [-0.15, -0.1) is 0 Å². The number of rotatable bonds is 2. The Morgan fingerprint density at radius 1 is 1.04 bits per heavy atom. The maximum absolute atomic E-state index is 12.5. The van der Waals surface area contributed by atoms with Gasteiger partial charge in [-0.2, -0.15) is 0 Å². The first-order valence-electron chi connectivity index (χ1n) is 7.00. The highest BCUT2D eigenvalue weighted by Crippen LogP contribution is 2.46. The molecule has 0 spiro atoms. The molecule has 0 fully saturated rings. The van der Waals surface area contributed by atoms with Crippen LogP contribution >= 0.6 is 0 Å². The van der Waals surface area contributed by atoms with Gasteiger partial charge in [-0.25, -0.2) is 4.79 Å². The van der Waals surface area contributed by atoms with Gasteiger partial charge in [0, 0.05) is 13.2 Å². The van der Waals surface area contributed by atoms with Crippen LogP contribution in [0.15, 0.2) is 18.2 Å². The van der Waals surface area contributed by atoms with Crippen molar-refractivity contribution in [2.75, 3.05) is 7.11 Å². The van der Waals surface area contributed by atoms with Crippen LogP contribution in [0.2, 0.25) is 0 Å². The molecule has 2 aromatic rings. The highest BCUT2D eigenvalue weighted by molar-refractivity contribution is 5.98. The van der Waals surface area contributed by atoms with Crippen LogP contribution in [0.4, 0.5) is 0 Å². The largest absolute Gasteiger partial charge is 0.508 e. The molecular formula is C17H16O6. The van der Waals surface area contributed by atoms with E-state index in [1.807, 2.05) is 0 Å². The normalized spacial score (nSPS) is 12.7. The average molecular weight is 316 g/mol. The summed E-state index contributed by atoms with van der Waals surface area (Å²) >= 11 is 0. The third kappa shape index (κ3) is 2.47. The molecule has 1 heterocycles. The number of carbonyl (C=O) groups is 1. The van der Waals surface area contributed by atoms with Crippen molar-refractivity contribution in [1.82, 2.24) is 0 Å². The Kier molecular flexibility index (Phi) is 3.61. The predicted octanol–water partition coefficient (Wildman–Crippen LogP) is 3.19. The molecule has 6 heteroatoms. The zero-order valence-corrected chi connectivity index (χ0v) is 13.0. The van der Waals surface area contributed by atoms with Gasteiger partial charge in [0.2, 0.25) is 0 Å². The lowest BCUT2D eigenvalue weighted by Gasteiger charge is -2.15. The number of fused-ring (bicyclic) bond motifs is 2. The molecule has 0 saturated heterocycles. The van der Waals surface area contributed by atoms with Crippen molar-refractivity contribution >= 4 is 5.97 Å². The fraction of sp³-hybridized carbons (Fsp3) is 0.235. The number of hydrogen-bond donors (Lipinski definition) is 2. The van der Waals surface area contributed by atoms with Crippen LogP contribution < -0.4 is 9.47 Å². The van der Waals surface area contributed by atoms with Gasteiger partial charge < -0.3 is 24.4 Å². The molecular weight excluding hydrogens is 300 g/mol. The van der Waals surface area contributed by atoms with Crippen LogP contribution in [0.25, 0.3) is 0 Å². The van der Waals surface area contributed by atoms with E-state index < -0.39 is 5.97 Å². The maximum Gasteiger partial charge on any atom is 0.347 e. The number of esters is 1. The second-order valence-electron chi connectivity index (χ2n) is 5.41. The molecule has 0 aliphatic carbocycles. The first kappa shape index (κ1) is 15.2. The second kappa shape index (κ2) is 5.48. The van der Waals surface area contributed by atoms with Crippen LogP contribution in [0.5, 0.6) is 28.7 Å². The molecule has 23 heavy (non-hydrogen) atoms. The molecule has 3 rings (SSSR count). The van der Waals surface area contributed by atoms with Gasteiger partial charge >= 0.3 is 5.97 Å². The highest BCUT2D eigenvalue weighted by Gasteiger charge is 2.30. The summed E-state index contributed by atoms with van der Waals surface area (Å²) in [4.78, 5) is 12.5. The van der Waals surface area contributed by atoms with E-state index in [9.17, 15) is 15.0 Å². The van der Waals surface area contributed by atoms with Crippen LogP contribution in [0, 0.1) is 13.8 Å². The summed E-state index contributed by atoms with van der Waals surface area (Å²) < 4.78 is 16.4. The van der Waals surface area contributed by atoms with Crippen molar-refractivity contribution in [2.45, 2.75) is 20.5 Å². The second-order valence-corrected chi connectivity index (χ2v) is 5.41. The number of aromatic hydroxyl groups is 2. The van der Waals surface area contributed by atoms with Gasteiger partial charge in [-0.1, -0.05) is 0 Å². The quantitative estimate of drug-likeness (QED) is 0.654. The standard InChI is InChI=1S/C17H16O6/c1-8-5-12(19)11(7-21-3)16-14(8)17(20)22-13-6-10(18)4-9(2)15(13)23-16/h4-6,18-19H,7H2,1-3H3. The lowest BCUT2D eigenvalue weighted by atomic mass is 10.0. The summed E-state index contributed by atoms with van der Waals surface area (Å²) in [6.45, 7) is 3.48. The third-order valence-corrected chi connectivity index (χ3v) is 3.68. The summed E-state index contributed by atoms with van der Waals surface area (Å²) in [6.07, 6.45) is 0. The minimum atomic E-state index is -0.612. The number of hydrogen-bond acceptors (Lipinski definition) is 6. The first-order chi connectivity index (χ1) is 10.9. The summed E-state index contributed by atoms with van der Waals surface area (Å²) in [7, 11) is 1.48. The number of methoxy groups -OCH3 is 1. The van der Waals surface area contributed by atoms with Gasteiger partial charge in [0.25, 0.3) is 0 Å². The van der Waals surface area contributed by atoms with Crippen LogP contribution in [0.1, 0.15) is 27.0 Å². The number of phenols is 2. The van der Waals surface area contributed by atoms with Crippen LogP contribution in [-0.2, 0) is 11.3 Å². The van der Waals surface area contributed by atoms with Crippen molar-refractivity contribution in [2.24, 2.45) is 0 Å². The van der Waals surface area contributed by atoms with Gasteiger partial charge in [0.05, 0.1) is 12.2 Å². The zero-order chi connectivity index (χ0) is 16.7. The minimum absolute atomic E-state index is 0.0178. The summed E-state index contributed by atoms with van der Waals surface area (Å²) in [5, 5.41) is 19.9. The van der Waals surface area contributed by atoms with Crippen molar-refractivity contribution in [3.8, 4) is 28.7 Å². The Balaban J connectivity index is 2.28. The predicted molar refractivity (Wildman–Crippen MR) is 81.4 cm³/mol. The van der Waals surface area contributed by atoms with Crippen LogP contribution in [0.3, 0.4) is 0 Å². The fourth-order valence-corrected chi connectivity index (χ4v) is 2.64. The van der Waals surface area contributed by atoms with E-state index in [0.717, 1.165) is 0 Å². The zero-order valence-electron chi connectivity index (χ0n) is 13.0. The molecule has 0 aromatic heterocycles. The van der Waals surface area contributed by atoms with Gasteiger partial charge in [0.15, 0.2) is 17.2 Å². The summed E-state index contributed by atoms with van der Waals surface area (Å²) in [6, 6.07) is 4.29. The molecule has 0 unspecified atom stereocenters. The Hall–Kier alpha value is -2.73. The Bertz CT molecular complexity index is 809. The van der Waals surface area contributed by atoms with Gasteiger partial charge in [-0.3, -0.25) is 0 Å². The topological polar surface area (TPSA) is 85.2 Å². The number of aryl methyl sites for hydroxylation is 2. The molecule has 2 aromatic carbocycles. The third-order valence-electron chi connectivity index (χ3n) is 3.68. The Morgan fingerprint density at radius 2 is 1.78 bits per heavy atom. The van der Waals surface area contributed by atoms with Crippen molar-refractivity contribution in [3.63, 3.8) is 0 Å². The van der Waals surface area contributed by atoms with Gasteiger partial charge in [0.1, 0.15) is 17.1 Å². The van der Waals surface area contributed by atoms with Crippen molar-refractivity contribution in [1.29, 1.82) is 0 Å². The number of phenolic OH excluding ortho intramolecular Hbond substituents is 2. The van der Waals surface area contributed by atoms with E-state index in [2.05, 4.69) is 0 Å². The van der Waals surface area contributed by atoms with E-state index in [0.29, 0.717) is 22.4 Å². The summed E-state index contributed by atoms with van der Waals surface area (Å²) in [5.74, 6) is -0.000209. The van der Waals surface area contributed by atoms with E-state index in [-0.39, 0.29) is 35.2 Å². The van der Waals surface area contributed by atoms with E-state index >= 15 is 0 Å². The highest BCUT2D eigenvalue weighted by atomic mass is 16.6.